The van der Waals surface area contributed by atoms with Crippen molar-refractivity contribution in [3.8, 4) is 0 Å². The van der Waals surface area contributed by atoms with Gasteiger partial charge in [-0.3, -0.25) is 5.41 Å². The van der Waals surface area contributed by atoms with Gasteiger partial charge in [-0.1, -0.05) is 18.2 Å². The average molecular weight is 236 g/mol. The average Bonchev–Trinajstić information content (AvgIpc) is 2.29. The summed E-state index contributed by atoms with van der Waals surface area (Å²) in [4.78, 5) is 3.37. The van der Waals surface area contributed by atoms with Gasteiger partial charge >= 0.3 is 0 Å². The fourth-order valence-electron chi connectivity index (χ4n) is 1.56. The Morgan fingerprint density at radius 3 is 2.44 bits per heavy atom. The Morgan fingerprint density at radius 1 is 1.25 bits per heavy atom. The smallest absolute Gasteiger partial charge is 0.106 e. The van der Waals surface area contributed by atoms with E-state index in [1.54, 1.807) is 11.8 Å². The largest absolute Gasteiger partial charge is 0.360 e. The fourth-order valence-corrected chi connectivity index (χ4v) is 2.51. The number of hydrogen-bond acceptors (Lipinski definition) is 2. The highest BCUT2D eigenvalue weighted by Gasteiger charge is 2.06. The predicted molar refractivity (Wildman–Crippen MR) is 72.6 cm³/mol. The van der Waals surface area contributed by atoms with Crippen molar-refractivity contribution in [3.05, 3.63) is 29.8 Å². The van der Waals surface area contributed by atoms with Gasteiger partial charge in [-0.05, 0) is 32.4 Å². The van der Waals surface area contributed by atoms with E-state index >= 15 is 0 Å². The third kappa shape index (κ3) is 3.56. The molecular formula is C13H20N2S. The first kappa shape index (κ1) is 13.1. The van der Waals surface area contributed by atoms with Crippen LogP contribution in [0.2, 0.25) is 0 Å². The standard InChI is InChI=1S/C13H20N2S/c1-4-15(5-2)13(14)10-16-12-9-7-6-8-11(12)3/h6-9,14H,4-5,10H2,1-3H3. The molecule has 3 heteroatoms. The van der Waals surface area contributed by atoms with Crippen molar-refractivity contribution in [2.75, 3.05) is 18.8 Å². The summed E-state index contributed by atoms with van der Waals surface area (Å²) >= 11 is 1.75. The van der Waals surface area contributed by atoms with E-state index in [9.17, 15) is 0 Å². The van der Waals surface area contributed by atoms with E-state index in [0.717, 1.165) is 24.7 Å². The summed E-state index contributed by atoms with van der Waals surface area (Å²) < 4.78 is 0. The van der Waals surface area contributed by atoms with E-state index in [1.165, 1.54) is 10.5 Å². The van der Waals surface area contributed by atoms with Gasteiger partial charge in [0.2, 0.25) is 0 Å². The molecule has 0 saturated carbocycles. The van der Waals surface area contributed by atoms with Gasteiger partial charge in [0.1, 0.15) is 5.84 Å². The van der Waals surface area contributed by atoms with Gasteiger partial charge in [0.25, 0.3) is 0 Å². The molecule has 0 bridgehead atoms. The Bertz CT molecular complexity index is 346. The van der Waals surface area contributed by atoms with Gasteiger partial charge in [0.15, 0.2) is 0 Å². The normalized spacial score (nSPS) is 10.2. The zero-order chi connectivity index (χ0) is 12.0. The summed E-state index contributed by atoms with van der Waals surface area (Å²) in [5, 5.41) is 7.97. The van der Waals surface area contributed by atoms with Crippen LogP contribution in [0, 0.1) is 12.3 Å². The van der Waals surface area contributed by atoms with E-state index in [1.807, 2.05) is 0 Å². The van der Waals surface area contributed by atoms with Gasteiger partial charge in [0.05, 0.1) is 5.75 Å². The number of aryl methyl sites for hydroxylation is 1. The molecule has 0 aromatic heterocycles. The van der Waals surface area contributed by atoms with Crippen LogP contribution in [0.5, 0.6) is 0 Å². The van der Waals surface area contributed by atoms with Crippen molar-refractivity contribution in [2.24, 2.45) is 0 Å². The minimum Gasteiger partial charge on any atom is -0.360 e. The lowest BCUT2D eigenvalue weighted by atomic mass is 10.2. The van der Waals surface area contributed by atoms with Gasteiger partial charge in [-0.25, -0.2) is 0 Å². The zero-order valence-electron chi connectivity index (χ0n) is 10.3. The monoisotopic (exact) mass is 236 g/mol. The topological polar surface area (TPSA) is 27.1 Å². The number of nitrogens with one attached hydrogen (secondary N) is 1. The molecule has 0 atom stereocenters. The molecule has 0 unspecified atom stereocenters. The highest BCUT2D eigenvalue weighted by atomic mass is 32.2. The first-order valence-corrected chi connectivity index (χ1v) is 6.68. The maximum Gasteiger partial charge on any atom is 0.106 e. The van der Waals surface area contributed by atoms with Crippen LogP contribution in [0.15, 0.2) is 29.2 Å². The van der Waals surface area contributed by atoms with Crippen LogP contribution in [-0.2, 0) is 0 Å². The van der Waals surface area contributed by atoms with Crippen molar-refractivity contribution in [3.63, 3.8) is 0 Å². The summed E-state index contributed by atoms with van der Waals surface area (Å²) in [6, 6.07) is 8.34. The van der Waals surface area contributed by atoms with Crippen molar-refractivity contribution < 1.29 is 0 Å². The van der Waals surface area contributed by atoms with Crippen LogP contribution in [0.3, 0.4) is 0 Å². The van der Waals surface area contributed by atoms with Crippen LogP contribution in [0.4, 0.5) is 0 Å². The number of nitrogens with zero attached hydrogens (tertiary/aromatic N) is 1. The Hall–Kier alpha value is -0.960. The van der Waals surface area contributed by atoms with Gasteiger partial charge in [-0.15, -0.1) is 11.8 Å². The lowest BCUT2D eigenvalue weighted by Gasteiger charge is -2.21. The van der Waals surface area contributed by atoms with E-state index in [4.69, 9.17) is 5.41 Å². The lowest BCUT2D eigenvalue weighted by Crippen LogP contribution is -2.31. The molecule has 1 N–H and O–H groups in total. The van der Waals surface area contributed by atoms with Crippen LogP contribution in [0.25, 0.3) is 0 Å². The summed E-state index contributed by atoms with van der Waals surface area (Å²) in [6.07, 6.45) is 0. The highest BCUT2D eigenvalue weighted by Crippen LogP contribution is 2.21. The molecule has 1 aromatic rings. The lowest BCUT2D eigenvalue weighted by molar-refractivity contribution is 0.461. The van der Waals surface area contributed by atoms with E-state index in [0.29, 0.717) is 0 Å². The van der Waals surface area contributed by atoms with Crippen LogP contribution in [0.1, 0.15) is 19.4 Å². The predicted octanol–water partition coefficient (Wildman–Crippen LogP) is 3.41. The Kier molecular flexibility index (Phi) is 5.39. The first-order chi connectivity index (χ1) is 7.69. The van der Waals surface area contributed by atoms with Gasteiger partial charge in [0, 0.05) is 18.0 Å². The van der Waals surface area contributed by atoms with Crippen molar-refractivity contribution in [1.29, 1.82) is 5.41 Å². The molecule has 0 aliphatic rings. The molecule has 0 aliphatic heterocycles. The van der Waals surface area contributed by atoms with Crippen molar-refractivity contribution >= 4 is 17.6 Å². The van der Waals surface area contributed by atoms with Crippen LogP contribution < -0.4 is 0 Å². The Balaban J connectivity index is 2.52. The van der Waals surface area contributed by atoms with Crippen molar-refractivity contribution in [2.45, 2.75) is 25.7 Å². The summed E-state index contributed by atoms with van der Waals surface area (Å²) in [7, 11) is 0. The second-order valence-corrected chi connectivity index (χ2v) is 4.69. The molecule has 1 rings (SSSR count). The summed E-state index contributed by atoms with van der Waals surface area (Å²) in [5.74, 6) is 1.48. The molecule has 1 aromatic carbocycles. The molecule has 0 aliphatic carbocycles. The number of amidine groups is 1. The third-order valence-electron chi connectivity index (χ3n) is 2.60. The third-order valence-corrected chi connectivity index (χ3v) is 3.79. The molecule has 88 valence electrons. The maximum absolute atomic E-state index is 7.97. The van der Waals surface area contributed by atoms with Gasteiger partial charge < -0.3 is 4.90 Å². The zero-order valence-corrected chi connectivity index (χ0v) is 11.1. The minimum atomic E-state index is 0.721. The molecular weight excluding hydrogens is 216 g/mol. The molecule has 2 nitrogen and oxygen atoms in total. The number of hydrogen-bond donors (Lipinski definition) is 1. The Labute approximate surface area is 103 Å². The molecule has 0 radical (unpaired) electrons. The number of rotatable bonds is 5. The fraction of sp³-hybridized carbons (Fsp3) is 0.462. The highest BCUT2D eigenvalue weighted by molar-refractivity contribution is 8.00. The quantitative estimate of drug-likeness (QED) is 0.482. The van der Waals surface area contributed by atoms with E-state index < -0.39 is 0 Å². The first-order valence-electron chi connectivity index (χ1n) is 5.69. The second-order valence-electron chi connectivity index (χ2n) is 3.67. The van der Waals surface area contributed by atoms with E-state index in [2.05, 4.69) is 49.9 Å². The second kappa shape index (κ2) is 6.59. The SMILES string of the molecule is CCN(CC)C(=N)CSc1ccccc1C. The molecule has 0 saturated heterocycles. The molecule has 0 fully saturated rings. The minimum absolute atomic E-state index is 0.721. The Morgan fingerprint density at radius 2 is 1.88 bits per heavy atom. The molecule has 16 heavy (non-hydrogen) atoms. The van der Waals surface area contributed by atoms with Crippen molar-refractivity contribution in [1.82, 2.24) is 4.90 Å². The van der Waals surface area contributed by atoms with Crippen LogP contribution >= 0.6 is 11.8 Å². The van der Waals surface area contributed by atoms with E-state index in [-0.39, 0.29) is 0 Å². The van der Waals surface area contributed by atoms with Crippen LogP contribution in [-0.4, -0.2) is 29.6 Å². The van der Waals surface area contributed by atoms with Gasteiger partial charge in [-0.2, -0.15) is 0 Å². The number of thioether (sulfide) groups is 1. The molecule has 0 spiro atoms. The summed E-state index contributed by atoms with van der Waals surface area (Å²) in [5.41, 5.74) is 1.29. The molecule has 0 heterocycles. The number of benzene rings is 1. The summed E-state index contributed by atoms with van der Waals surface area (Å²) in [6.45, 7) is 8.14. The molecule has 0 amide bonds. The maximum atomic E-state index is 7.97.